The van der Waals surface area contributed by atoms with Crippen LogP contribution in [0.5, 0.6) is 0 Å². The van der Waals surface area contributed by atoms with Gasteiger partial charge < -0.3 is 10.6 Å². The molecule has 0 saturated heterocycles. The van der Waals surface area contributed by atoms with Crippen LogP contribution in [0.1, 0.15) is 42.1 Å². The summed E-state index contributed by atoms with van der Waals surface area (Å²) in [7, 11) is 0. The molecule has 30 heavy (non-hydrogen) atoms. The number of alkyl halides is 3. The van der Waals surface area contributed by atoms with Gasteiger partial charge in [-0.25, -0.2) is 4.39 Å². The smallest absolute Gasteiger partial charge is 0.347 e. The van der Waals surface area contributed by atoms with Crippen LogP contribution in [-0.2, 0) is 11.0 Å². The molecule has 3 aliphatic rings. The van der Waals surface area contributed by atoms with Crippen molar-refractivity contribution in [1.29, 1.82) is 0 Å². The molecule has 0 heterocycles. The first-order valence-electron chi connectivity index (χ1n) is 9.58. The molecule has 2 aromatic carbocycles. The van der Waals surface area contributed by atoms with Crippen molar-refractivity contribution < 1.29 is 27.2 Å². The first-order valence-corrected chi connectivity index (χ1v) is 9.58. The van der Waals surface area contributed by atoms with E-state index in [1.54, 1.807) is 0 Å². The van der Waals surface area contributed by atoms with E-state index in [9.17, 15) is 27.2 Å². The lowest BCUT2D eigenvalue weighted by atomic mass is 9.36. The summed E-state index contributed by atoms with van der Waals surface area (Å²) in [4.78, 5) is 25.0. The van der Waals surface area contributed by atoms with Crippen LogP contribution in [0.15, 0.2) is 48.5 Å². The number of halogens is 4. The van der Waals surface area contributed by atoms with Gasteiger partial charge in [0.25, 0.3) is 5.91 Å². The van der Waals surface area contributed by atoms with Gasteiger partial charge in [0.05, 0.1) is 5.56 Å². The van der Waals surface area contributed by atoms with Crippen molar-refractivity contribution in [3.05, 3.63) is 65.5 Å². The van der Waals surface area contributed by atoms with Crippen LogP contribution >= 0.6 is 0 Å². The summed E-state index contributed by atoms with van der Waals surface area (Å²) in [6, 6.07) is 9.83. The molecule has 0 spiro atoms. The molecular weight excluding hydrogens is 400 g/mol. The van der Waals surface area contributed by atoms with Gasteiger partial charge >= 0.3 is 6.18 Å². The number of carbonyl (C=O) groups excluding carboxylic acids is 2. The molecule has 2 N–H and O–H groups in total. The normalized spacial score (nSPS) is 25.5. The van der Waals surface area contributed by atoms with E-state index in [1.165, 1.54) is 36.4 Å². The highest BCUT2D eigenvalue weighted by Gasteiger charge is 2.71. The molecule has 2 amide bonds. The van der Waals surface area contributed by atoms with E-state index < -0.39 is 23.2 Å². The summed E-state index contributed by atoms with van der Waals surface area (Å²) in [5, 5.41) is 5.62. The third-order valence-electron chi connectivity index (χ3n) is 6.33. The largest absolute Gasteiger partial charge is 0.416 e. The summed E-state index contributed by atoms with van der Waals surface area (Å²) >= 11 is 0. The van der Waals surface area contributed by atoms with Crippen LogP contribution in [0, 0.1) is 17.2 Å². The predicted molar refractivity (Wildman–Crippen MR) is 102 cm³/mol. The fourth-order valence-corrected chi connectivity index (χ4v) is 4.67. The number of hydrogen-bond donors (Lipinski definition) is 2. The second-order valence-electron chi connectivity index (χ2n) is 8.42. The van der Waals surface area contributed by atoms with Crippen molar-refractivity contribution in [3.8, 4) is 0 Å². The van der Waals surface area contributed by atoms with E-state index in [0.29, 0.717) is 24.9 Å². The molecule has 1 atom stereocenters. The van der Waals surface area contributed by atoms with Gasteiger partial charge in [-0.1, -0.05) is 13.0 Å². The number of benzene rings is 2. The molecule has 3 fully saturated rings. The van der Waals surface area contributed by atoms with E-state index in [2.05, 4.69) is 10.6 Å². The van der Waals surface area contributed by atoms with Gasteiger partial charge in [0.15, 0.2) is 0 Å². The van der Waals surface area contributed by atoms with Crippen molar-refractivity contribution >= 4 is 17.5 Å². The molecule has 5 rings (SSSR count). The van der Waals surface area contributed by atoms with Crippen molar-refractivity contribution in [1.82, 2.24) is 5.32 Å². The van der Waals surface area contributed by atoms with Crippen molar-refractivity contribution in [2.75, 3.05) is 5.32 Å². The number of rotatable bonds is 5. The Labute approximate surface area is 170 Å². The molecule has 3 aliphatic carbocycles. The van der Waals surface area contributed by atoms with Crippen LogP contribution in [0.25, 0.3) is 0 Å². The lowest BCUT2D eigenvalue weighted by Gasteiger charge is -2.72. The number of nitrogens with one attached hydrogen (secondary N) is 2. The van der Waals surface area contributed by atoms with E-state index in [4.69, 9.17) is 0 Å². The first-order chi connectivity index (χ1) is 14.0. The van der Waals surface area contributed by atoms with Crippen molar-refractivity contribution in [2.24, 2.45) is 11.3 Å². The Hall–Kier alpha value is -2.90. The Bertz CT molecular complexity index is 981. The van der Waals surface area contributed by atoms with Gasteiger partial charge in [-0.15, -0.1) is 0 Å². The number of amides is 2. The molecule has 2 aromatic rings. The third-order valence-corrected chi connectivity index (χ3v) is 6.33. The number of hydrogen-bond acceptors (Lipinski definition) is 2. The zero-order valence-corrected chi connectivity index (χ0v) is 16.1. The highest BCUT2D eigenvalue weighted by atomic mass is 19.4. The third kappa shape index (κ3) is 3.55. The van der Waals surface area contributed by atoms with Gasteiger partial charge in [-0.3, -0.25) is 9.59 Å². The maximum atomic E-state index is 13.0. The Morgan fingerprint density at radius 3 is 2.27 bits per heavy atom. The quantitative estimate of drug-likeness (QED) is 0.685. The summed E-state index contributed by atoms with van der Waals surface area (Å²) < 4.78 is 51.6. The summed E-state index contributed by atoms with van der Waals surface area (Å²) in [5.41, 5.74) is -1.09. The monoisotopic (exact) mass is 420 g/mol. The van der Waals surface area contributed by atoms with Gasteiger partial charge in [-0.2, -0.15) is 13.2 Å². The van der Waals surface area contributed by atoms with Gasteiger partial charge in [-0.05, 0) is 67.1 Å². The number of anilines is 1. The maximum Gasteiger partial charge on any atom is 0.416 e. The zero-order chi connectivity index (χ0) is 21.7. The Morgan fingerprint density at radius 2 is 1.67 bits per heavy atom. The topological polar surface area (TPSA) is 58.2 Å². The first kappa shape index (κ1) is 20.4. The molecular formula is C22H20F4N2O2. The Balaban J connectivity index is 1.34. The molecule has 3 saturated carbocycles. The minimum atomic E-state index is -4.51. The van der Waals surface area contributed by atoms with E-state index in [1.807, 2.05) is 6.92 Å². The molecule has 2 bridgehead atoms. The summed E-state index contributed by atoms with van der Waals surface area (Å²) in [6.07, 6.45) is -2.71. The molecule has 0 radical (unpaired) electrons. The highest BCUT2D eigenvalue weighted by Crippen LogP contribution is 2.70. The second kappa shape index (κ2) is 6.82. The molecule has 0 aromatic heterocycles. The highest BCUT2D eigenvalue weighted by molar-refractivity contribution is 5.96. The fourth-order valence-electron chi connectivity index (χ4n) is 4.67. The average molecular weight is 420 g/mol. The number of carbonyl (C=O) groups is 2. The summed E-state index contributed by atoms with van der Waals surface area (Å²) in [5.74, 6) is -1.43. The van der Waals surface area contributed by atoms with Crippen LogP contribution in [0.2, 0.25) is 0 Å². The van der Waals surface area contributed by atoms with Crippen molar-refractivity contribution in [3.63, 3.8) is 0 Å². The fraction of sp³-hybridized carbons (Fsp3) is 0.364. The molecule has 0 aliphatic heterocycles. The van der Waals surface area contributed by atoms with E-state index in [-0.39, 0.29) is 28.6 Å². The molecule has 158 valence electrons. The van der Waals surface area contributed by atoms with Crippen LogP contribution in [-0.4, -0.2) is 17.4 Å². The Morgan fingerprint density at radius 1 is 1.03 bits per heavy atom. The van der Waals surface area contributed by atoms with Gasteiger partial charge in [0.1, 0.15) is 5.82 Å². The minimum Gasteiger partial charge on any atom is -0.347 e. The van der Waals surface area contributed by atoms with Crippen LogP contribution < -0.4 is 10.6 Å². The minimum absolute atomic E-state index is 0.0364. The molecule has 4 nitrogen and oxygen atoms in total. The van der Waals surface area contributed by atoms with Crippen LogP contribution in [0.4, 0.5) is 23.2 Å². The maximum absolute atomic E-state index is 13.0. The standard InChI is InChI=1S/C22H20F4N2O2/c1-13(18(29)27-17-7-5-16(23)6-8-17)20-10-21(11-20,12-20)28-19(30)14-3-2-4-15(9-14)22(24,25)26/h2-9,13H,10-12H2,1H3,(H,27,29)(H,28,30)/t13-,20?,21?/m0/s1. The predicted octanol–water partition coefficient (Wildman–Crippen LogP) is 4.77. The lowest BCUT2D eigenvalue weighted by Crippen LogP contribution is -2.77. The average Bonchev–Trinajstić information content (AvgIpc) is 2.64. The van der Waals surface area contributed by atoms with E-state index in [0.717, 1.165) is 12.1 Å². The van der Waals surface area contributed by atoms with E-state index >= 15 is 0 Å². The van der Waals surface area contributed by atoms with Crippen molar-refractivity contribution in [2.45, 2.75) is 37.9 Å². The van der Waals surface area contributed by atoms with Gasteiger partial charge in [0, 0.05) is 22.7 Å². The van der Waals surface area contributed by atoms with Crippen LogP contribution in [0.3, 0.4) is 0 Å². The summed E-state index contributed by atoms with van der Waals surface area (Å²) in [6.45, 7) is 1.82. The van der Waals surface area contributed by atoms with Gasteiger partial charge in [0.2, 0.25) is 5.91 Å². The molecule has 8 heteroatoms. The molecule has 0 unspecified atom stereocenters. The Kier molecular flexibility index (Phi) is 4.63. The zero-order valence-electron chi connectivity index (χ0n) is 16.1. The lowest BCUT2D eigenvalue weighted by molar-refractivity contribution is -0.184. The SMILES string of the molecule is C[C@@H](C(=O)Nc1ccc(F)cc1)C12CC(NC(=O)c3cccc(C(F)(F)F)c3)(C1)C2. The second-order valence-corrected chi connectivity index (χ2v) is 8.42.